The number of hydrogen-bond donors (Lipinski definition) is 2. The van der Waals surface area contributed by atoms with Crippen molar-refractivity contribution >= 4 is 38.5 Å². The van der Waals surface area contributed by atoms with Gasteiger partial charge in [-0.05, 0) is 30.3 Å². The van der Waals surface area contributed by atoms with Crippen LogP contribution in [0.25, 0.3) is 11.0 Å². The molecule has 5 rings (SSSR count). The van der Waals surface area contributed by atoms with E-state index >= 15 is 0 Å². The van der Waals surface area contributed by atoms with E-state index in [4.69, 9.17) is 11.6 Å². The summed E-state index contributed by atoms with van der Waals surface area (Å²) in [6, 6.07) is 19.3. The molecule has 3 aromatic heterocycles. The van der Waals surface area contributed by atoms with Gasteiger partial charge in [-0.1, -0.05) is 54.1 Å². The summed E-state index contributed by atoms with van der Waals surface area (Å²) in [4.78, 5) is 8.63. The van der Waals surface area contributed by atoms with Gasteiger partial charge in [0.05, 0.1) is 9.92 Å². The van der Waals surface area contributed by atoms with Gasteiger partial charge in [-0.3, -0.25) is 0 Å². The molecule has 0 aliphatic rings. The quantitative estimate of drug-likeness (QED) is 0.307. The summed E-state index contributed by atoms with van der Waals surface area (Å²) < 4.78 is 41.5. The van der Waals surface area contributed by atoms with Crippen LogP contribution in [-0.4, -0.2) is 27.5 Å². The standard InChI is InChI=1S/C26H20ClFN4O3S/c27-19-12-21-22(16-32(26(21)31-15-19)36(34,35)20-7-2-1-3-8-20)25(33)18-10-11-24(30-14-18)29-13-17-6-4-5-9-23(17)28/h1-12,14-16,25,33H,13H2,(H,29,30). The van der Waals surface area contributed by atoms with Gasteiger partial charge in [-0.15, -0.1) is 0 Å². The van der Waals surface area contributed by atoms with Gasteiger partial charge in [-0.25, -0.2) is 26.7 Å². The number of anilines is 1. The van der Waals surface area contributed by atoms with Gasteiger partial charge in [0.2, 0.25) is 0 Å². The zero-order chi connectivity index (χ0) is 25.3. The molecular weight excluding hydrogens is 503 g/mol. The molecule has 1 atom stereocenters. The van der Waals surface area contributed by atoms with Gasteiger partial charge in [0.15, 0.2) is 5.65 Å². The summed E-state index contributed by atoms with van der Waals surface area (Å²) in [5.41, 5.74) is 1.39. The molecule has 0 saturated carbocycles. The number of rotatable bonds is 7. The van der Waals surface area contributed by atoms with Gasteiger partial charge >= 0.3 is 0 Å². The first-order valence-corrected chi connectivity index (χ1v) is 12.7. The molecule has 2 aromatic carbocycles. The van der Waals surface area contributed by atoms with Crippen molar-refractivity contribution in [3.63, 3.8) is 0 Å². The normalized spacial score (nSPS) is 12.5. The fourth-order valence-electron chi connectivity index (χ4n) is 3.86. The fraction of sp³-hybridized carbons (Fsp3) is 0.0769. The maximum Gasteiger partial charge on any atom is 0.269 e. The minimum absolute atomic E-state index is 0.0895. The first-order valence-electron chi connectivity index (χ1n) is 10.9. The summed E-state index contributed by atoms with van der Waals surface area (Å²) in [5.74, 6) is 0.180. The second-order valence-electron chi connectivity index (χ2n) is 8.05. The number of benzene rings is 2. The molecule has 0 amide bonds. The molecule has 10 heteroatoms. The van der Waals surface area contributed by atoms with Gasteiger partial charge < -0.3 is 10.4 Å². The third-order valence-corrected chi connectivity index (χ3v) is 7.59. The van der Waals surface area contributed by atoms with Crippen molar-refractivity contribution < 1.29 is 17.9 Å². The lowest BCUT2D eigenvalue weighted by Crippen LogP contribution is -2.12. The number of nitrogens with zero attached hydrogens (tertiary/aromatic N) is 3. The Balaban J connectivity index is 1.47. The van der Waals surface area contributed by atoms with Gasteiger partial charge in [0.1, 0.15) is 17.7 Å². The van der Waals surface area contributed by atoms with Crippen LogP contribution in [0.4, 0.5) is 10.2 Å². The predicted molar refractivity (Wildman–Crippen MR) is 136 cm³/mol. The topological polar surface area (TPSA) is 97.1 Å². The third kappa shape index (κ3) is 4.56. The van der Waals surface area contributed by atoms with E-state index in [1.165, 1.54) is 36.8 Å². The lowest BCUT2D eigenvalue weighted by atomic mass is 10.0. The van der Waals surface area contributed by atoms with Crippen molar-refractivity contribution in [3.05, 3.63) is 119 Å². The van der Waals surface area contributed by atoms with E-state index in [1.807, 2.05) is 0 Å². The highest BCUT2D eigenvalue weighted by Gasteiger charge is 2.25. The average molecular weight is 523 g/mol. The van der Waals surface area contributed by atoms with Gasteiger partial charge in [-0.2, -0.15) is 0 Å². The number of aromatic nitrogens is 3. The van der Waals surface area contributed by atoms with E-state index in [0.29, 0.717) is 32.9 Å². The highest BCUT2D eigenvalue weighted by molar-refractivity contribution is 7.90. The SMILES string of the molecule is O=S(=O)(c1ccccc1)n1cc(C(O)c2ccc(NCc3ccccc3F)nc2)c2cc(Cl)cnc21. The number of fused-ring (bicyclic) bond motifs is 1. The Bertz CT molecular complexity index is 1640. The monoisotopic (exact) mass is 522 g/mol. The summed E-state index contributed by atoms with van der Waals surface area (Å²) in [6.45, 7) is 0.247. The van der Waals surface area contributed by atoms with Crippen LogP contribution in [-0.2, 0) is 16.6 Å². The van der Waals surface area contributed by atoms with E-state index in [-0.39, 0.29) is 22.9 Å². The second-order valence-corrected chi connectivity index (χ2v) is 10.3. The Morgan fingerprint density at radius 3 is 2.47 bits per heavy atom. The second kappa shape index (κ2) is 9.69. The highest BCUT2D eigenvalue weighted by Crippen LogP contribution is 2.33. The summed E-state index contributed by atoms with van der Waals surface area (Å²) >= 11 is 6.15. The van der Waals surface area contributed by atoms with Crippen molar-refractivity contribution in [2.75, 3.05) is 5.32 Å². The van der Waals surface area contributed by atoms with E-state index in [2.05, 4.69) is 15.3 Å². The van der Waals surface area contributed by atoms with Crippen LogP contribution in [0.2, 0.25) is 5.02 Å². The molecule has 36 heavy (non-hydrogen) atoms. The maximum atomic E-state index is 13.8. The largest absolute Gasteiger partial charge is 0.384 e. The predicted octanol–water partition coefficient (Wildman–Crippen LogP) is 5.15. The fourth-order valence-corrected chi connectivity index (χ4v) is 5.37. The molecule has 0 saturated heterocycles. The lowest BCUT2D eigenvalue weighted by Gasteiger charge is -2.12. The molecule has 182 valence electrons. The zero-order valence-corrected chi connectivity index (χ0v) is 20.3. The first-order chi connectivity index (χ1) is 17.3. The number of hydrogen-bond acceptors (Lipinski definition) is 6. The van der Waals surface area contributed by atoms with Crippen molar-refractivity contribution in [3.8, 4) is 0 Å². The minimum Gasteiger partial charge on any atom is -0.384 e. The molecule has 3 heterocycles. The van der Waals surface area contributed by atoms with Crippen molar-refractivity contribution in [1.29, 1.82) is 0 Å². The number of aliphatic hydroxyl groups excluding tert-OH is 1. The van der Waals surface area contributed by atoms with Crippen LogP contribution >= 0.6 is 11.6 Å². The van der Waals surface area contributed by atoms with Crippen LogP contribution in [0, 0.1) is 5.82 Å². The molecule has 0 bridgehead atoms. The highest BCUT2D eigenvalue weighted by atomic mass is 35.5. The minimum atomic E-state index is -3.97. The molecule has 0 aliphatic carbocycles. The van der Waals surface area contributed by atoms with Crippen LogP contribution in [0.3, 0.4) is 0 Å². The first kappa shape index (κ1) is 23.9. The van der Waals surface area contributed by atoms with Crippen LogP contribution in [0.5, 0.6) is 0 Å². The molecule has 2 N–H and O–H groups in total. The maximum absolute atomic E-state index is 13.8. The number of aliphatic hydroxyl groups is 1. The molecule has 7 nitrogen and oxygen atoms in total. The van der Waals surface area contributed by atoms with Crippen LogP contribution in [0.1, 0.15) is 22.8 Å². The van der Waals surface area contributed by atoms with Gasteiger partial charge in [0, 0.05) is 47.2 Å². The lowest BCUT2D eigenvalue weighted by molar-refractivity contribution is 0.221. The average Bonchev–Trinajstić information content (AvgIpc) is 3.28. The van der Waals surface area contributed by atoms with Crippen molar-refractivity contribution in [2.24, 2.45) is 0 Å². The Kier molecular flexibility index (Phi) is 6.44. The Hall–Kier alpha value is -3.79. The Morgan fingerprint density at radius 1 is 1.00 bits per heavy atom. The van der Waals surface area contributed by atoms with Crippen LogP contribution in [0.15, 0.2) is 96.3 Å². The number of pyridine rings is 2. The summed E-state index contributed by atoms with van der Waals surface area (Å²) in [5, 5.41) is 14.9. The van der Waals surface area contributed by atoms with Crippen molar-refractivity contribution in [2.45, 2.75) is 17.5 Å². The number of nitrogens with one attached hydrogen (secondary N) is 1. The molecule has 0 fully saturated rings. The smallest absolute Gasteiger partial charge is 0.269 e. The Morgan fingerprint density at radius 2 is 1.75 bits per heavy atom. The molecular formula is C26H20ClFN4O3S. The molecule has 1 unspecified atom stereocenters. The molecule has 5 aromatic rings. The van der Waals surface area contributed by atoms with E-state index < -0.39 is 16.1 Å². The van der Waals surface area contributed by atoms with Crippen molar-refractivity contribution in [1.82, 2.24) is 13.9 Å². The molecule has 0 spiro atoms. The van der Waals surface area contributed by atoms with Crippen LogP contribution < -0.4 is 5.32 Å². The third-order valence-electron chi connectivity index (χ3n) is 5.72. The molecule has 0 radical (unpaired) electrons. The summed E-state index contributed by atoms with van der Waals surface area (Å²) in [7, 11) is -3.97. The molecule has 0 aliphatic heterocycles. The number of halogens is 2. The van der Waals surface area contributed by atoms with E-state index in [9.17, 15) is 17.9 Å². The van der Waals surface area contributed by atoms with Gasteiger partial charge in [0.25, 0.3) is 10.0 Å². The van der Waals surface area contributed by atoms with E-state index in [0.717, 1.165) is 3.97 Å². The zero-order valence-electron chi connectivity index (χ0n) is 18.7. The Labute approximate surface area is 211 Å². The summed E-state index contributed by atoms with van der Waals surface area (Å²) in [6.07, 6.45) is 2.98. The van der Waals surface area contributed by atoms with E-state index in [1.54, 1.807) is 54.6 Å².